The first-order chi connectivity index (χ1) is 12.1. The van der Waals surface area contributed by atoms with E-state index in [1.54, 1.807) is 12.1 Å². The molecule has 0 bridgehead atoms. The molecule has 1 atom stereocenters. The highest BCUT2D eigenvalue weighted by Gasteiger charge is 2.28. The first kappa shape index (κ1) is 15.8. The lowest BCUT2D eigenvalue weighted by Crippen LogP contribution is -2.40. The van der Waals surface area contributed by atoms with Crippen LogP contribution in [0.3, 0.4) is 0 Å². The Labute approximate surface area is 150 Å². The molecular formula is C19H17ClN4O. The van der Waals surface area contributed by atoms with Gasteiger partial charge in [0.05, 0.1) is 5.52 Å². The molecule has 126 valence electrons. The van der Waals surface area contributed by atoms with E-state index in [4.69, 9.17) is 11.6 Å². The number of carbonyl (C=O) groups is 1. The van der Waals surface area contributed by atoms with Crippen molar-refractivity contribution in [2.45, 2.75) is 19.4 Å². The third-order valence-electron chi connectivity index (χ3n) is 4.48. The summed E-state index contributed by atoms with van der Waals surface area (Å²) in [6, 6.07) is 13.1. The van der Waals surface area contributed by atoms with Gasteiger partial charge >= 0.3 is 0 Å². The second-order valence-electron chi connectivity index (χ2n) is 6.12. The Balaban J connectivity index is 1.59. The second kappa shape index (κ2) is 6.33. The molecule has 0 aliphatic carbocycles. The number of benzene rings is 2. The average molecular weight is 353 g/mol. The van der Waals surface area contributed by atoms with Crippen molar-refractivity contribution in [2.24, 2.45) is 0 Å². The summed E-state index contributed by atoms with van der Waals surface area (Å²) in [5.41, 5.74) is 2.96. The van der Waals surface area contributed by atoms with Crippen LogP contribution in [0.2, 0.25) is 5.02 Å². The van der Waals surface area contributed by atoms with Gasteiger partial charge in [-0.05, 0) is 43.2 Å². The average Bonchev–Trinajstić information content (AvgIpc) is 3.05. The van der Waals surface area contributed by atoms with Crippen molar-refractivity contribution in [1.82, 2.24) is 9.97 Å². The van der Waals surface area contributed by atoms with Crippen LogP contribution >= 0.6 is 11.6 Å². The van der Waals surface area contributed by atoms with Crippen molar-refractivity contribution in [3.05, 3.63) is 59.4 Å². The van der Waals surface area contributed by atoms with Gasteiger partial charge in [-0.15, -0.1) is 0 Å². The number of hydrogen-bond donors (Lipinski definition) is 1. The Hall–Kier alpha value is -2.66. The second-order valence-corrected chi connectivity index (χ2v) is 6.55. The molecule has 1 unspecified atom stereocenters. The van der Waals surface area contributed by atoms with Crippen LogP contribution in [0.25, 0.3) is 10.9 Å². The summed E-state index contributed by atoms with van der Waals surface area (Å²) in [5.74, 6) is 0.667. The van der Waals surface area contributed by atoms with E-state index in [1.165, 1.54) is 11.9 Å². The monoisotopic (exact) mass is 352 g/mol. The van der Waals surface area contributed by atoms with E-state index in [0.29, 0.717) is 17.4 Å². The Kier molecular flexibility index (Phi) is 4.01. The molecule has 6 heteroatoms. The zero-order chi connectivity index (χ0) is 17.4. The molecule has 0 saturated heterocycles. The molecule has 0 fully saturated rings. The van der Waals surface area contributed by atoms with Crippen LogP contribution in [-0.2, 0) is 11.2 Å². The number of nitrogens with one attached hydrogen (secondary N) is 1. The maximum Gasteiger partial charge on any atom is 0.249 e. The fourth-order valence-electron chi connectivity index (χ4n) is 3.21. The lowest BCUT2D eigenvalue weighted by Gasteiger charge is -2.23. The normalized spacial score (nSPS) is 14.4. The van der Waals surface area contributed by atoms with Crippen LogP contribution in [0.4, 0.5) is 11.5 Å². The number of aromatic nitrogens is 2. The molecule has 0 spiro atoms. The van der Waals surface area contributed by atoms with Gasteiger partial charge in [-0.25, -0.2) is 9.97 Å². The maximum absolute atomic E-state index is 12.9. The Morgan fingerprint density at radius 1 is 1.24 bits per heavy atom. The van der Waals surface area contributed by atoms with Gasteiger partial charge in [0.25, 0.3) is 0 Å². The van der Waals surface area contributed by atoms with Crippen LogP contribution in [0.15, 0.2) is 48.8 Å². The number of hydrogen-bond acceptors (Lipinski definition) is 4. The van der Waals surface area contributed by atoms with Crippen molar-refractivity contribution in [3.63, 3.8) is 0 Å². The van der Waals surface area contributed by atoms with Crippen molar-refractivity contribution in [2.75, 3.05) is 16.8 Å². The molecule has 1 aliphatic rings. The predicted octanol–water partition coefficient (Wildman–Crippen LogP) is 3.67. The predicted molar refractivity (Wildman–Crippen MR) is 100 cm³/mol. The van der Waals surface area contributed by atoms with Gasteiger partial charge in [0, 0.05) is 22.6 Å². The molecule has 1 aromatic heterocycles. The van der Waals surface area contributed by atoms with E-state index in [0.717, 1.165) is 23.0 Å². The van der Waals surface area contributed by atoms with Crippen molar-refractivity contribution < 1.29 is 4.79 Å². The zero-order valence-corrected chi connectivity index (χ0v) is 14.5. The van der Waals surface area contributed by atoms with Crippen LogP contribution in [0.5, 0.6) is 0 Å². The number of para-hydroxylation sites is 1. The van der Waals surface area contributed by atoms with Crippen molar-refractivity contribution >= 4 is 39.9 Å². The minimum Gasteiger partial charge on any atom is -0.358 e. The molecule has 1 aliphatic heterocycles. The smallest absolute Gasteiger partial charge is 0.249 e. The van der Waals surface area contributed by atoms with Gasteiger partial charge < -0.3 is 10.2 Å². The number of anilines is 2. The van der Waals surface area contributed by atoms with E-state index in [-0.39, 0.29) is 5.91 Å². The SMILES string of the molecule is CC(Nc1ncnc2cc(Cl)ccc12)C(=O)N1CCc2ccccc21. The third kappa shape index (κ3) is 2.91. The fourth-order valence-corrected chi connectivity index (χ4v) is 3.38. The highest BCUT2D eigenvalue weighted by atomic mass is 35.5. The molecule has 1 amide bonds. The molecule has 2 aromatic carbocycles. The first-order valence-corrected chi connectivity index (χ1v) is 8.57. The summed E-state index contributed by atoms with van der Waals surface area (Å²) >= 11 is 6.02. The molecule has 5 nitrogen and oxygen atoms in total. The van der Waals surface area contributed by atoms with Gasteiger partial charge in [-0.1, -0.05) is 29.8 Å². The third-order valence-corrected chi connectivity index (χ3v) is 4.71. The maximum atomic E-state index is 12.9. The molecular weight excluding hydrogens is 336 g/mol. The van der Waals surface area contributed by atoms with Crippen LogP contribution < -0.4 is 10.2 Å². The highest BCUT2D eigenvalue weighted by molar-refractivity contribution is 6.31. The lowest BCUT2D eigenvalue weighted by molar-refractivity contribution is -0.118. The molecule has 2 heterocycles. The fraction of sp³-hybridized carbons (Fsp3) is 0.211. The summed E-state index contributed by atoms with van der Waals surface area (Å²) in [6.07, 6.45) is 2.37. The van der Waals surface area contributed by atoms with Gasteiger partial charge in [-0.2, -0.15) is 0 Å². The topological polar surface area (TPSA) is 58.1 Å². The minimum atomic E-state index is -0.403. The Morgan fingerprint density at radius 2 is 2.08 bits per heavy atom. The molecule has 0 saturated carbocycles. The van der Waals surface area contributed by atoms with Crippen molar-refractivity contribution in [3.8, 4) is 0 Å². The lowest BCUT2D eigenvalue weighted by atomic mass is 10.2. The Morgan fingerprint density at radius 3 is 2.96 bits per heavy atom. The molecule has 0 radical (unpaired) electrons. The summed E-state index contributed by atoms with van der Waals surface area (Å²) in [4.78, 5) is 23.3. The summed E-state index contributed by atoms with van der Waals surface area (Å²) < 4.78 is 0. The summed E-state index contributed by atoms with van der Waals surface area (Å²) in [5, 5.41) is 4.69. The number of rotatable bonds is 3. The highest BCUT2D eigenvalue weighted by Crippen LogP contribution is 2.29. The van der Waals surface area contributed by atoms with Crippen LogP contribution in [-0.4, -0.2) is 28.5 Å². The molecule has 25 heavy (non-hydrogen) atoms. The van der Waals surface area contributed by atoms with E-state index in [1.807, 2.05) is 36.1 Å². The van der Waals surface area contributed by atoms with Crippen molar-refractivity contribution in [1.29, 1.82) is 0 Å². The number of amides is 1. The number of fused-ring (bicyclic) bond motifs is 2. The molecule has 1 N–H and O–H groups in total. The van der Waals surface area contributed by atoms with Gasteiger partial charge in [0.15, 0.2) is 0 Å². The zero-order valence-electron chi connectivity index (χ0n) is 13.7. The Bertz CT molecular complexity index is 959. The largest absolute Gasteiger partial charge is 0.358 e. The van der Waals surface area contributed by atoms with Crippen LogP contribution in [0.1, 0.15) is 12.5 Å². The standard InChI is InChI=1S/C19H17ClN4O/c1-12(19(25)24-9-8-13-4-2-3-5-17(13)24)23-18-15-7-6-14(20)10-16(15)21-11-22-18/h2-7,10-12H,8-9H2,1H3,(H,21,22,23). The summed E-state index contributed by atoms with van der Waals surface area (Å²) in [6.45, 7) is 2.57. The van der Waals surface area contributed by atoms with E-state index >= 15 is 0 Å². The van der Waals surface area contributed by atoms with E-state index in [2.05, 4.69) is 21.4 Å². The van der Waals surface area contributed by atoms with Gasteiger partial charge in [0.2, 0.25) is 5.91 Å². The first-order valence-electron chi connectivity index (χ1n) is 8.19. The van der Waals surface area contributed by atoms with Crippen LogP contribution in [0, 0.1) is 0 Å². The summed E-state index contributed by atoms with van der Waals surface area (Å²) in [7, 11) is 0. The minimum absolute atomic E-state index is 0.0330. The van der Waals surface area contributed by atoms with E-state index < -0.39 is 6.04 Å². The molecule has 4 rings (SSSR count). The number of nitrogens with zero attached hydrogens (tertiary/aromatic N) is 3. The van der Waals surface area contributed by atoms with Gasteiger partial charge in [0.1, 0.15) is 18.2 Å². The quantitative estimate of drug-likeness (QED) is 0.781. The van der Waals surface area contributed by atoms with E-state index in [9.17, 15) is 4.79 Å². The number of halogens is 1. The number of carbonyl (C=O) groups excluding carboxylic acids is 1. The van der Waals surface area contributed by atoms with Gasteiger partial charge in [-0.3, -0.25) is 4.79 Å². The molecule has 3 aromatic rings.